The van der Waals surface area contributed by atoms with Crippen LogP contribution in [0.4, 0.5) is 0 Å². The van der Waals surface area contributed by atoms with Gasteiger partial charge in [0.15, 0.2) is 0 Å². The molecule has 1 aliphatic heterocycles. The highest BCUT2D eigenvalue weighted by molar-refractivity contribution is 4.86. The van der Waals surface area contributed by atoms with Crippen molar-refractivity contribution in [2.45, 2.75) is 63.1 Å². The van der Waals surface area contributed by atoms with Crippen molar-refractivity contribution in [3.05, 3.63) is 0 Å². The van der Waals surface area contributed by atoms with Crippen molar-refractivity contribution in [1.82, 2.24) is 4.90 Å². The van der Waals surface area contributed by atoms with E-state index in [4.69, 9.17) is 4.74 Å². The highest BCUT2D eigenvalue weighted by Gasteiger charge is 2.31. The van der Waals surface area contributed by atoms with E-state index in [1.807, 2.05) is 0 Å². The first-order valence-corrected chi connectivity index (χ1v) is 7.20. The molecule has 3 nitrogen and oxygen atoms in total. The molecule has 1 unspecified atom stereocenters. The summed E-state index contributed by atoms with van der Waals surface area (Å²) in [4.78, 5) is 2.29. The summed E-state index contributed by atoms with van der Waals surface area (Å²) < 4.78 is 5.62. The Hall–Kier alpha value is -0.120. The second-order valence-corrected chi connectivity index (χ2v) is 5.95. The lowest BCUT2D eigenvalue weighted by atomic mass is 10.0. The van der Waals surface area contributed by atoms with Crippen molar-refractivity contribution in [2.75, 3.05) is 26.7 Å². The van der Waals surface area contributed by atoms with Crippen LogP contribution >= 0.6 is 0 Å². The van der Waals surface area contributed by atoms with Crippen LogP contribution in [0.2, 0.25) is 0 Å². The van der Waals surface area contributed by atoms with Crippen LogP contribution in [0, 0.1) is 0 Å². The molecule has 1 N–H and O–H groups in total. The van der Waals surface area contributed by atoms with E-state index in [0.717, 1.165) is 32.5 Å². The molecule has 0 spiro atoms. The fourth-order valence-electron chi connectivity index (χ4n) is 3.23. The molecule has 0 bridgehead atoms. The summed E-state index contributed by atoms with van der Waals surface area (Å²) in [7, 11) is 2.13. The Labute approximate surface area is 105 Å². The van der Waals surface area contributed by atoms with Gasteiger partial charge in [-0.25, -0.2) is 0 Å². The van der Waals surface area contributed by atoms with Gasteiger partial charge in [0.2, 0.25) is 0 Å². The minimum absolute atomic E-state index is 0.390. The van der Waals surface area contributed by atoms with Gasteiger partial charge in [-0.05, 0) is 52.1 Å². The van der Waals surface area contributed by atoms with Gasteiger partial charge in [-0.15, -0.1) is 0 Å². The largest absolute Gasteiger partial charge is 0.389 e. The third kappa shape index (κ3) is 4.23. The van der Waals surface area contributed by atoms with Crippen molar-refractivity contribution < 1.29 is 9.84 Å². The Morgan fingerprint density at radius 3 is 2.71 bits per heavy atom. The average Bonchev–Trinajstić information content (AvgIpc) is 2.90. The van der Waals surface area contributed by atoms with Gasteiger partial charge in [0.05, 0.1) is 11.7 Å². The lowest BCUT2D eigenvalue weighted by Gasteiger charge is -2.28. The maximum atomic E-state index is 10.3. The van der Waals surface area contributed by atoms with E-state index >= 15 is 0 Å². The molecule has 0 radical (unpaired) electrons. The van der Waals surface area contributed by atoms with Crippen molar-refractivity contribution in [1.29, 1.82) is 0 Å². The molecule has 1 atom stereocenters. The summed E-state index contributed by atoms with van der Waals surface area (Å²) in [5.74, 6) is 0. The highest BCUT2D eigenvalue weighted by Crippen LogP contribution is 2.30. The molecular weight excluding hydrogens is 214 g/mol. The number of likely N-dealkylation sites (N-methyl/N-ethyl adjacent to an activating group) is 1. The standard InChI is InChI=1S/C14H27NO2/c1-15(12-14(16)8-2-3-9-14)10-4-6-13-7-5-11-17-13/h13,16H,2-12H2,1H3. The van der Waals surface area contributed by atoms with E-state index in [0.29, 0.717) is 6.10 Å². The predicted molar refractivity (Wildman–Crippen MR) is 69.1 cm³/mol. The van der Waals surface area contributed by atoms with E-state index in [9.17, 15) is 5.11 Å². The molecule has 100 valence electrons. The zero-order valence-corrected chi connectivity index (χ0v) is 11.2. The Balaban J connectivity index is 1.58. The van der Waals surface area contributed by atoms with Crippen molar-refractivity contribution in [2.24, 2.45) is 0 Å². The van der Waals surface area contributed by atoms with Crippen LogP contribution in [0.15, 0.2) is 0 Å². The Bertz CT molecular complexity index is 220. The molecule has 0 aromatic carbocycles. The topological polar surface area (TPSA) is 32.7 Å². The fourth-order valence-corrected chi connectivity index (χ4v) is 3.23. The van der Waals surface area contributed by atoms with E-state index in [1.165, 1.54) is 38.5 Å². The second-order valence-electron chi connectivity index (χ2n) is 5.95. The molecule has 1 aliphatic carbocycles. The van der Waals surface area contributed by atoms with Gasteiger partial charge in [0, 0.05) is 13.2 Å². The zero-order chi connectivity index (χ0) is 12.1. The number of ether oxygens (including phenoxy) is 1. The summed E-state index contributed by atoms with van der Waals surface area (Å²) >= 11 is 0. The summed E-state index contributed by atoms with van der Waals surface area (Å²) in [6.07, 6.45) is 9.73. The molecule has 1 saturated heterocycles. The summed E-state index contributed by atoms with van der Waals surface area (Å²) in [5.41, 5.74) is -0.390. The zero-order valence-electron chi connectivity index (χ0n) is 11.2. The van der Waals surface area contributed by atoms with Gasteiger partial charge in [-0.2, -0.15) is 0 Å². The molecule has 1 saturated carbocycles. The summed E-state index contributed by atoms with van der Waals surface area (Å²) in [6, 6.07) is 0. The Kier molecular flexibility index (Phi) is 4.83. The monoisotopic (exact) mass is 241 g/mol. The van der Waals surface area contributed by atoms with Crippen LogP contribution in [0.5, 0.6) is 0 Å². The summed E-state index contributed by atoms with van der Waals surface area (Å²) in [5, 5.41) is 10.3. The first kappa shape index (κ1) is 13.3. The normalized spacial score (nSPS) is 28.1. The van der Waals surface area contributed by atoms with Crippen LogP contribution in [0.25, 0.3) is 0 Å². The lowest BCUT2D eigenvalue weighted by molar-refractivity contribution is 0.0150. The van der Waals surface area contributed by atoms with Crippen LogP contribution in [-0.2, 0) is 4.74 Å². The van der Waals surface area contributed by atoms with Crippen LogP contribution in [-0.4, -0.2) is 48.5 Å². The SMILES string of the molecule is CN(CCCC1CCCO1)CC1(O)CCCC1. The average molecular weight is 241 g/mol. The molecule has 2 rings (SSSR count). The molecule has 0 aromatic heterocycles. The third-order valence-electron chi connectivity index (χ3n) is 4.19. The first-order valence-electron chi connectivity index (χ1n) is 7.20. The van der Waals surface area contributed by atoms with Gasteiger partial charge >= 0.3 is 0 Å². The minimum Gasteiger partial charge on any atom is -0.389 e. The maximum absolute atomic E-state index is 10.3. The molecule has 0 aromatic rings. The number of hydrogen-bond donors (Lipinski definition) is 1. The first-order chi connectivity index (χ1) is 8.18. The minimum atomic E-state index is -0.390. The molecule has 1 heterocycles. The quantitative estimate of drug-likeness (QED) is 0.773. The number of aliphatic hydroxyl groups is 1. The van der Waals surface area contributed by atoms with Gasteiger partial charge in [-0.1, -0.05) is 12.8 Å². The van der Waals surface area contributed by atoms with E-state index in [2.05, 4.69) is 11.9 Å². The maximum Gasteiger partial charge on any atom is 0.0774 e. The number of hydrogen-bond acceptors (Lipinski definition) is 3. The molecular formula is C14H27NO2. The molecule has 17 heavy (non-hydrogen) atoms. The Morgan fingerprint density at radius 1 is 1.29 bits per heavy atom. The third-order valence-corrected chi connectivity index (χ3v) is 4.19. The second kappa shape index (κ2) is 6.17. The van der Waals surface area contributed by atoms with Gasteiger partial charge in [-0.3, -0.25) is 0 Å². The smallest absolute Gasteiger partial charge is 0.0774 e. The predicted octanol–water partition coefficient (Wildman–Crippen LogP) is 2.18. The molecule has 0 amide bonds. The van der Waals surface area contributed by atoms with E-state index in [-0.39, 0.29) is 0 Å². The van der Waals surface area contributed by atoms with Crippen LogP contribution in [0.3, 0.4) is 0 Å². The molecule has 2 fully saturated rings. The Morgan fingerprint density at radius 2 is 2.06 bits per heavy atom. The number of rotatable bonds is 6. The molecule has 2 aliphatic rings. The molecule has 3 heteroatoms. The fraction of sp³-hybridized carbons (Fsp3) is 1.00. The van der Waals surface area contributed by atoms with Crippen LogP contribution < -0.4 is 0 Å². The van der Waals surface area contributed by atoms with Crippen LogP contribution in [0.1, 0.15) is 51.4 Å². The van der Waals surface area contributed by atoms with Gasteiger partial charge in [0.25, 0.3) is 0 Å². The van der Waals surface area contributed by atoms with Gasteiger partial charge < -0.3 is 14.7 Å². The van der Waals surface area contributed by atoms with Gasteiger partial charge in [0.1, 0.15) is 0 Å². The summed E-state index contributed by atoms with van der Waals surface area (Å²) in [6.45, 7) is 2.89. The lowest BCUT2D eigenvalue weighted by Crippen LogP contribution is -2.39. The number of nitrogens with zero attached hydrogens (tertiary/aromatic N) is 1. The highest BCUT2D eigenvalue weighted by atomic mass is 16.5. The van der Waals surface area contributed by atoms with Crippen molar-refractivity contribution >= 4 is 0 Å². The van der Waals surface area contributed by atoms with Crippen molar-refractivity contribution in [3.8, 4) is 0 Å². The van der Waals surface area contributed by atoms with Crippen molar-refractivity contribution in [3.63, 3.8) is 0 Å². The van der Waals surface area contributed by atoms with E-state index in [1.54, 1.807) is 0 Å². The van der Waals surface area contributed by atoms with E-state index < -0.39 is 5.60 Å².